The molecule has 1 aliphatic heterocycles. The summed E-state index contributed by atoms with van der Waals surface area (Å²) in [4.78, 5) is 32.6. The fourth-order valence-corrected chi connectivity index (χ4v) is 6.24. The number of hydrogen-bond donors (Lipinski definition) is 0. The second-order valence-electron chi connectivity index (χ2n) is 10.1. The summed E-state index contributed by atoms with van der Waals surface area (Å²) in [7, 11) is 0. The third-order valence-corrected chi connectivity index (χ3v) is 8.28. The average molecular weight is 638 g/mol. The molecule has 5 rings (SSSR count). The van der Waals surface area contributed by atoms with Crippen molar-refractivity contribution in [2.75, 3.05) is 6.61 Å². The monoisotopic (exact) mass is 636 g/mol. The van der Waals surface area contributed by atoms with Crippen LogP contribution in [0.15, 0.2) is 87.8 Å². The molecule has 0 bridgehead atoms. The van der Waals surface area contributed by atoms with Crippen molar-refractivity contribution in [1.29, 1.82) is 0 Å². The van der Waals surface area contributed by atoms with Gasteiger partial charge < -0.3 is 14.2 Å². The zero-order valence-electron chi connectivity index (χ0n) is 24.1. The molecule has 0 unspecified atom stereocenters. The molecular weight excluding hydrogens is 607 g/mol. The Hall–Kier alpha value is -3.85. The standard InChI is InChI=1S/C33H30Cl2N2O5S/c1-5-40-32(39)29-20(4)36-33-37(30(29)24-11-7-9-13-27(24)42-19(2)3)31(38)28(43-33)17-22-16-23(34)14-15-26(22)41-18-21-10-6-8-12-25(21)35/h6-17,19,30H,5,18H2,1-4H3/b28-17-/t30-/m0/s1. The van der Waals surface area contributed by atoms with E-state index in [-0.39, 0.29) is 30.5 Å². The number of carbonyl (C=O) groups excluding carboxylic acids is 1. The van der Waals surface area contributed by atoms with Crippen molar-refractivity contribution in [2.45, 2.75) is 46.4 Å². The molecule has 1 aliphatic rings. The molecule has 43 heavy (non-hydrogen) atoms. The summed E-state index contributed by atoms with van der Waals surface area (Å²) in [6.07, 6.45) is 1.61. The van der Waals surface area contributed by atoms with Gasteiger partial charge in [0, 0.05) is 26.7 Å². The minimum atomic E-state index is -0.803. The zero-order chi connectivity index (χ0) is 30.7. The van der Waals surface area contributed by atoms with Gasteiger partial charge in [0.1, 0.15) is 24.1 Å². The highest BCUT2D eigenvalue weighted by Crippen LogP contribution is 2.36. The Balaban J connectivity index is 1.66. The number of thiazole rings is 1. The van der Waals surface area contributed by atoms with Crippen LogP contribution in [0, 0.1) is 0 Å². The maximum Gasteiger partial charge on any atom is 0.338 e. The first-order chi connectivity index (χ1) is 20.7. The molecule has 0 saturated carbocycles. The average Bonchev–Trinajstić information content (AvgIpc) is 3.26. The largest absolute Gasteiger partial charge is 0.491 e. The molecule has 0 amide bonds. The third-order valence-electron chi connectivity index (χ3n) is 6.69. The van der Waals surface area contributed by atoms with E-state index < -0.39 is 12.0 Å². The van der Waals surface area contributed by atoms with E-state index >= 15 is 0 Å². The van der Waals surface area contributed by atoms with Gasteiger partial charge in [-0.15, -0.1) is 0 Å². The second kappa shape index (κ2) is 13.2. The number of nitrogens with zero attached hydrogens (tertiary/aromatic N) is 2. The van der Waals surface area contributed by atoms with Crippen molar-refractivity contribution in [3.05, 3.63) is 124 Å². The fraction of sp³-hybridized carbons (Fsp3) is 0.242. The third kappa shape index (κ3) is 6.56. The van der Waals surface area contributed by atoms with Crippen molar-refractivity contribution in [3.8, 4) is 11.5 Å². The fourth-order valence-electron chi connectivity index (χ4n) is 4.83. The normalized spacial score (nSPS) is 14.9. The van der Waals surface area contributed by atoms with Crippen molar-refractivity contribution < 1.29 is 19.0 Å². The quantitative estimate of drug-likeness (QED) is 0.197. The predicted octanol–water partition coefficient (Wildman–Crippen LogP) is 6.47. The number of halogens is 2. The second-order valence-corrected chi connectivity index (χ2v) is 11.9. The van der Waals surface area contributed by atoms with Crippen LogP contribution in [0.3, 0.4) is 0 Å². The lowest BCUT2D eigenvalue weighted by molar-refractivity contribution is -0.139. The summed E-state index contributed by atoms with van der Waals surface area (Å²) in [5, 5.41) is 1.09. The van der Waals surface area contributed by atoms with Gasteiger partial charge in [0.15, 0.2) is 4.80 Å². The summed E-state index contributed by atoms with van der Waals surface area (Å²) < 4.78 is 19.6. The van der Waals surface area contributed by atoms with Crippen LogP contribution >= 0.6 is 34.5 Å². The molecule has 0 radical (unpaired) electrons. The van der Waals surface area contributed by atoms with E-state index in [1.165, 1.54) is 15.9 Å². The van der Waals surface area contributed by atoms with Gasteiger partial charge in [0.25, 0.3) is 5.56 Å². The summed E-state index contributed by atoms with van der Waals surface area (Å²) in [6, 6.07) is 19.2. The van der Waals surface area contributed by atoms with Crippen LogP contribution in [-0.2, 0) is 16.1 Å². The molecule has 0 N–H and O–H groups in total. The summed E-state index contributed by atoms with van der Waals surface area (Å²) in [6.45, 7) is 7.75. The Labute approximate surface area is 263 Å². The Morgan fingerprint density at radius 3 is 2.56 bits per heavy atom. The van der Waals surface area contributed by atoms with E-state index in [0.717, 1.165) is 5.56 Å². The van der Waals surface area contributed by atoms with Crippen molar-refractivity contribution in [3.63, 3.8) is 0 Å². The molecule has 1 aromatic heterocycles. The number of hydrogen-bond acceptors (Lipinski definition) is 7. The number of allylic oxidation sites excluding steroid dienone is 1. The SMILES string of the molecule is CCOC(=O)C1=C(C)N=c2s/c(=C\c3cc(Cl)ccc3OCc3ccccc3Cl)c(=O)n2[C@H]1c1ccccc1OC(C)C. The van der Waals surface area contributed by atoms with Gasteiger partial charge in [0.2, 0.25) is 0 Å². The van der Waals surface area contributed by atoms with Gasteiger partial charge in [-0.3, -0.25) is 9.36 Å². The van der Waals surface area contributed by atoms with Crippen LogP contribution in [0.1, 0.15) is 50.4 Å². The Morgan fingerprint density at radius 1 is 1.07 bits per heavy atom. The zero-order valence-corrected chi connectivity index (χ0v) is 26.4. The summed E-state index contributed by atoms with van der Waals surface area (Å²) >= 11 is 13.9. The molecule has 1 atom stereocenters. The molecule has 0 spiro atoms. The van der Waals surface area contributed by atoms with Gasteiger partial charge in [-0.1, -0.05) is 70.9 Å². The predicted molar refractivity (Wildman–Crippen MR) is 170 cm³/mol. The van der Waals surface area contributed by atoms with Crippen LogP contribution in [0.5, 0.6) is 11.5 Å². The van der Waals surface area contributed by atoms with Gasteiger partial charge >= 0.3 is 5.97 Å². The molecule has 0 saturated heterocycles. The number of carbonyl (C=O) groups is 1. The molecule has 0 fully saturated rings. The van der Waals surface area contributed by atoms with Gasteiger partial charge in [-0.05, 0) is 64.1 Å². The number of benzene rings is 3. The number of para-hydroxylation sites is 1. The maximum absolute atomic E-state index is 14.2. The lowest BCUT2D eigenvalue weighted by Crippen LogP contribution is -2.40. The van der Waals surface area contributed by atoms with Crippen molar-refractivity contribution in [1.82, 2.24) is 4.57 Å². The number of esters is 1. The first-order valence-corrected chi connectivity index (χ1v) is 15.4. The van der Waals surface area contributed by atoms with Gasteiger partial charge in [0.05, 0.1) is 28.5 Å². The van der Waals surface area contributed by atoms with Crippen LogP contribution in [0.25, 0.3) is 6.08 Å². The summed E-state index contributed by atoms with van der Waals surface area (Å²) in [5.41, 5.74) is 2.54. The van der Waals surface area contributed by atoms with Crippen LogP contribution in [0.4, 0.5) is 0 Å². The first-order valence-electron chi connectivity index (χ1n) is 13.8. The highest BCUT2D eigenvalue weighted by atomic mass is 35.5. The van der Waals surface area contributed by atoms with Gasteiger partial charge in [-0.25, -0.2) is 9.79 Å². The minimum Gasteiger partial charge on any atom is -0.491 e. The van der Waals surface area contributed by atoms with E-state index in [0.29, 0.717) is 47.7 Å². The molecule has 222 valence electrons. The minimum absolute atomic E-state index is 0.125. The van der Waals surface area contributed by atoms with E-state index in [9.17, 15) is 9.59 Å². The molecule has 3 aromatic carbocycles. The van der Waals surface area contributed by atoms with E-state index in [2.05, 4.69) is 4.99 Å². The van der Waals surface area contributed by atoms with Crippen molar-refractivity contribution in [2.24, 2.45) is 4.99 Å². The van der Waals surface area contributed by atoms with Gasteiger partial charge in [-0.2, -0.15) is 0 Å². The van der Waals surface area contributed by atoms with E-state index in [1.807, 2.05) is 56.3 Å². The number of ether oxygens (including phenoxy) is 3. The lowest BCUT2D eigenvalue weighted by atomic mass is 9.95. The summed E-state index contributed by atoms with van der Waals surface area (Å²) in [5.74, 6) is 0.567. The van der Waals surface area contributed by atoms with Crippen LogP contribution < -0.4 is 24.4 Å². The van der Waals surface area contributed by atoms with Crippen molar-refractivity contribution >= 4 is 46.6 Å². The number of aromatic nitrogens is 1. The first kappa shape index (κ1) is 30.6. The van der Waals surface area contributed by atoms with Crippen LogP contribution in [-0.4, -0.2) is 23.2 Å². The topological polar surface area (TPSA) is 79.1 Å². The highest BCUT2D eigenvalue weighted by molar-refractivity contribution is 7.07. The number of rotatable bonds is 9. The Morgan fingerprint density at radius 2 is 1.81 bits per heavy atom. The lowest BCUT2D eigenvalue weighted by Gasteiger charge is -2.26. The van der Waals surface area contributed by atoms with E-state index in [4.69, 9.17) is 37.4 Å². The molecule has 0 aliphatic carbocycles. The molecule has 7 nitrogen and oxygen atoms in total. The van der Waals surface area contributed by atoms with E-state index in [1.54, 1.807) is 44.2 Å². The molecular formula is C33H30Cl2N2O5S. The van der Waals surface area contributed by atoms with Crippen LogP contribution in [0.2, 0.25) is 10.0 Å². The highest BCUT2D eigenvalue weighted by Gasteiger charge is 2.35. The Kier molecular flexibility index (Phi) is 9.40. The smallest absolute Gasteiger partial charge is 0.338 e. The maximum atomic E-state index is 14.2. The Bertz CT molecular complexity index is 1890. The molecule has 4 aromatic rings. The number of fused-ring (bicyclic) bond motifs is 1. The molecule has 10 heteroatoms. The molecule has 2 heterocycles.